The van der Waals surface area contributed by atoms with Gasteiger partial charge >= 0.3 is 0 Å². The number of rotatable bonds is 8. The van der Waals surface area contributed by atoms with Crippen molar-refractivity contribution in [2.45, 2.75) is 32.0 Å². The summed E-state index contributed by atoms with van der Waals surface area (Å²) in [5, 5.41) is 13.7. The molecule has 3 aromatic rings. The topological polar surface area (TPSA) is 50.7 Å². The Hall–Kier alpha value is -2.82. The molecule has 1 aliphatic rings. The number of fused-ring (bicyclic) bond motifs is 2. The Morgan fingerprint density at radius 1 is 1.03 bits per heavy atom. The van der Waals surface area contributed by atoms with Crippen LogP contribution >= 0.6 is 0 Å². The van der Waals surface area contributed by atoms with E-state index in [9.17, 15) is 5.11 Å². The normalized spacial score (nSPS) is 16.0. The van der Waals surface area contributed by atoms with Crippen LogP contribution < -0.4 is 14.8 Å². The molecule has 0 aliphatic carbocycles. The molecule has 156 valence electrons. The molecule has 0 spiro atoms. The average Bonchev–Trinajstić information content (AvgIpc) is 2.92. The second-order valence-electron chi connectivity index (χ2n) is 7.85. The molecule has 0 saturated carbocycles. The first-order valence-electron chi connectivity index (χ1n) is 10.6. The van der Waals surface area contributed by atoms with E-state index in [1.165, 1.54) is 16.7 Å². The molecule has 0 fully saturated rings. The van der Waals surface area contributed by atoms with Crippen LogP contribution in [0.5, 0.6) is 11.5 Å². The summed E-state index contributed by atoms with van der Waals surface area (Å²) in [5.41, 5.74) is 4.94. The van der Waals surface area contributed by atoms with Gasteiger partial charge in [-0.25, -0.2) is 0 Å². The third kappa shape index (κ3) is 5.02. The van der Waals surface area contributed by atoms with Crippen LogP contribution in [0, 0.1) is 6.92 Å². The van der Waals surface area contributed by atoms with Crippen molar-refractivity contribution >= 4 is 0 Å². The van der Waals surface area contributed by atoms with E-state index >= 15 is 0 Å². The van der Waals surface area contributed by atoms with Crippen LogP contribution in [0.3, 0.4) is 0 Å². The Bertz CT molecular complexity index is 924. The lowest BCUT2D eigenvalue weighted by Gasteiger charge is -2.20. The summed E-state index contributed by atoms with van der Waals surface area (Å²) in [5.74, 6) is 2.03. The van der Waals surface area contributed by atoms with Crippen molar-refractivity contribution in [3.05, 3.63) is 95.1 Å². The van der Waals surface area contributed by atoms with E-state index in [0.717, 1.165) is 30.0 Å². The van der Waals surface area contributed by atoms with Crippen LogP contribution in [0.2, 0.25) is 0 Å². The predicted octanol–water partition coefficient (Wildman–Crippen LogP) is 4.44. The number of hydrogen-bond acceptors (Lipinski definition) is 4. The van der Waals surface area contributed by atoms with Gasteiger partial charge in [0.15, 0.2) is 0 Å². The first kappa shape index (κ1) is 20.5. The molecule has 2 unspecified atom stereocenters. The van der Waals surface area contributed by atoms with Gasteiger partial charge in [0, 0.05) is 18.0 Å². The quantitative estimate of drug-likeness (QED) is 0.546. The Labute approximate surface area is 178 Å². The average molecular weight is 404 g/mol. The molecular weight excluding hydrogens is 374 g/mol. The standard InChI is InChI=1S/C26H29NO3/c1-19-7-6-9-22(15-19)29-18-21(28)16-27-14-13-24-23-10-3-2-8-20(23)17-30-26-12-5-4-11-25(24)26/h2-12,15,21,24,27-28H,13-14,16-18H2,1H3. The van der Waals surface area contributed by atoms with Crippen molar-refractivity contribution in [2.24, 2.45) is 0 Å². The van der Waals surface area contributed by atoms with E-state index in [0.29, 0.717) is 13.2 Å². The van der Waals surface area contributed by atoms with Gasteiger partial charge in [0.25, 0.3) is 0 Å². The minimum absolute atomic E-state index is 0.271. The molecule has 4 heteroatoms. The van der Waals surface area contributed by atoms with Gasteiger partial charge in [-0.1, -0.05) is 54.6 Å². The van der Waals surface area contributed by atoms with Crippen molar-refractivity contribution in [1.29, 1.82) is 0 Å². The van der Waals surface area contributed by atoms with Gasteiger partial charge in [0.2, 0.25) is 0 Å². The van der Waals surface area contributed by atoms with Crippen molar-refractivity contribution < 1.29 is 14.6 Å². The van der Waals surface area contributed by atoms with Crippen LogP contribution in [0.15, 0.2) is 72.8 Å². The third-order valence-electron chi connectivity index (χ3n) is 5.53. The first-order chi connectivity index (χ1) is 14.7. The molecule has 0 amide bonds. The van der Waals surface area contributed by atoms with E-state index in [2.05, 4.69) is 41.7 Å². The minimum Gasteiger partial charge on any atom is -0.491 e. The molecule has 0 radical (unpaired) electrons. The zero-order valence-electron chi connectivity index (χ0n) is 17.4. The molecule has 1 aliphatic heterocycles. The Balaban J connectivity index is 1.32. The number of benzene rings is 3. The maximum Gasteiger partial charge on any atom is 0.123 e. The number of nitrogens with one attached hydrogen (secondary N) is 1. The third-order valence-corrected chi connectivity index (χ3v) is 5.53. The van der Waals surface area contributed by atoms with Gasteiger partial charge < -0.3 is 19.9 Å². The molecule has 30 heavy (non-hydrogen) atoms. The van der Waals surface area contributed by atoms with Crippen molar-refractivity contribution in [3.8, 4) is 11.5 Å². The molecule has 0 bridgehead atoms. The Morgan fingerprint density at radius 3 is 2.70 bits per heavy atom. The monoisotopic (exact) mass is 403 g/mol. The van der Waals surface area contributed by atoms with Crippen molar-refractivity contribution in [1.82, 2.24) is 5.32 Å². The number of hydrogen-bond donors (Lipinski definition) is 2. The predicted molar refractivity (Wildman–Crippen MR) is 119 cm³/mol. The summed E-state index contributed by atoms with van der Waals surface area (Å²) in [4.78, 5) is 0. The van der Waals surface area contributed by atoms with Gasteiger partial charge in [0.05, 0.1) is 0 Å². The molecule has 1 heterocycles. The number of ether oxygens (including phenoxy) is 2. The zero-order valence-corrected chi connectivity index (χ0v) is 17.4. The largest absolute Gasteiger partial charge is 0.491 e. The van der Waals surface area contributed by atoms with Crippen LogP contribution in [0.1, 0.15) is 34.6 Å². The highest BCUT2D eigenvalue weighted by Crippen LogP contribution is 2.38. The van der Waals surface area contributed by atoms with E-state index < -0.39 is 6.10 Å². The number of aliphatic hydroxyl groups is 1. The lowest BCUT2D eigenvalue weighted by molar-refractivity contribution is 0.106. The number of aliphatic hydroxyl groups excluding tert-OH is 1. The van der Waals surface area contributed by atoms with Crippen LogP contribution in [0.4, 0.5) is 0 Å². The number of para-hydroxylation sites is 1. The fourth-order valence-corrected chi connectivity index (χ4v) is 4.01. The zero-order chi connectivity index (χ0) is 20.8. The van der Waals surface area contributed by atoms with Gasteiger partial charge in [0.1, 0.15) is 30.8 Å². The highest BCUT2D eigenvalue weighted by Gasteiger charge is 2.23. The number of aryl methyl sites for hydroxylation is 1. The molecule has 2 N–H and O–H groups in total. The van der Waals surface area contributed by atoms with Crippen LogP contribution in [-0.4, -0.2) is 30.9 Å². The SMILES string of the molecule is Cc1cccc(OCC(O)CNCCC2c3ccccc3COc3ccccc32)c1. The lowest BCUT2D eigenvalue weighted by Crippen LogP contribution is -2.32. The Morgan fingerprint density at radius 2 is 1.83 bits per heavy atom. The molecule has 0 aromatic heterocycles. The molecule has 4 nitrogen and oxygen atoms in total. The van der Waals surface area contributed by atoms with Crippen molar-refractivity contribution in [3.63, 3.8) is 0 Å². The smallest absolute Gasteiger partial charge is 0.123 e. The van der Waals surface area contributed by atoms with Crippen LogP contribution in [-0.2, 0) is 6.61 Å². The summed E-state index contributed by atoms with van der Waals surface area (Å²) in [7, 11) is 0. The second-order valence-corrected chi connectivity index (χ2v) is 7.85. The summed E-state index contributed by atoms with van der Waals surface area (Å²) >= 11 is 0. The summed E-state index contributed by atoms with van der Waals surface area (Å²) in [6, 6.07) is 24.7. The Kier molecular flexibility index (Phi) is 6.67. The molecular formula is C26H29NO3. The van der Waals surface area contributed by atoms with Gasteiger partial charge in [-0.2, -0.15) is 0 Å². The summed E-state index contributed by atoms with van der Waals surface area (Å²) in [6.45, 7) is 4.21. The molecule has 0 saturated heterocycles. The van der Waals surface area contributed by atoms with Crippen LogP contribution in [0.25, 0.3) is 0 Å². The van der Waals surface area contributed by atoms with Crippen molar-refractivity contribution in [2.75, 3.05) is 19.7 Å². The van der Waals surface area contributed by atoms with Gasteiger partial charge in [-0.3, -0.25) is 0 Å². The van der Waals surface area contributed by atoms with E-state index in [4.69, 9.17) is 9.47 Å². The van der Waals surface area contributed by atoms with Gasteiger partial charge in [-0.15, -0.1) is 0 Å². The summed E-state index contributed by atoms with van der Waals surface area (Å²) in [6.07, 6.45) is 0.380. The lowest BCUT2D eigenvalue weighted by atomic mass is 9.86. The maximum atomic E-state index is 10.3. The minimum atomic E-state index is -0.553. The first-order valence-corrected chi connectivity index (χ1v) is 10.6. The fourth-order valence-electron chi connectivity index (χ4n) is 4.01. The van der Waals surface area contributed by atoms with Gasteiger partial charge in [-0.05, 0) is 54.8 Å². The maximum absolute atomic E-state index is 10.3. The molecule has 3 aromatic carbocycles. The summed E-state index contributed by atoms with van der Waals surface area (Å²) < 4.78 is 11.8. The molecule has 4 rings (SSSR count). The highest BCUT2D eigenvalue weighted by atomic mass is 16.5. The molecule has 2 atom stereocenters. The fraction of sp³-hybridized carbons (Fsp3) is 0.308. The van der Waals surface area contributed by atoms with E-state index in [1.54, 1.807) is 0 Å². The van der Waals surface area contributed by atoms with E-state index in [1.807, 2.05) is 43.3 Å². The highest BCUT2D eigenvalue weighted by molar-refractivity contribution is 5.46. The van der Waals surface area contributed by atoms with E-state index in [-0.39, 0.29) is 12.5 Å². The second kappa shape index (κ2) is 9.79.